The maximum absolute atomic E-state index is 14.0. The molecule has 0 unspecified atom stereocenters. The topological polar surface area (TPSA) is 108 Å². The lowest BCUT2D eigenvalue weighted by atomic mass is 9.97. The van der Waals surface area contributed by atoms with Gasteiger partial charge in [-0.25, -0.2) is 22.2 Å². The third kappa shape index (κ3) is 5.02. The van der Waals surface area contributed by atoms with Gasteiger partial charge in [0, 0.05) is 31.6 Å². The number of nitrogens with zero attached hydrogens (tertiary/aromatic N) is 2. The zero-order valence-electron chi connectivity index (χ0n) is 17.5. The third-order valence-corrected chi connectivity index (χ3v) is 8.12. The van der Waals surface area contributed by atoms with Gasteiger partial charge in [0.15, 0.2) is 5.13 Å². The van der Waals surface area contributed by atoms with E-state index in [1.807, 2.05) is 0 Å². The van der Waals surface area contributed by atoms with Gasteiger partial charge in [-0.15, -0.1) is 0 Å². The van der Waals surface area contributed by atoms with Crippen LogP contribution < -0.4 is 10.6 Å². The van der Waals surface area contributed by atoms with E-state index in [4.69, 9.17) is 0 Å². The van der Waals surface area contributed by atoms with Gasteiger partial charge in [-0.2, -0.15) is 4.31 Å². The zero-order valence-corrected chi connectivity index (χ0v) is 19.1. The molecule has 1 saturated heterocycles. The van der Waals surface area contributed by atoms with E-state index < -0.39 is 32.5 Å². The highest BCUT2D eigenvalue weighted by Crippen LogP contribution is 2.30. The highest BCUT2D eigenvalue weighted by atomic mass is 32.2. The maximum Gasteiger partial charge on any atom is 0.246 e. The second kappa shape index (κ2) is 9.12. The number of sulfonamides is 1. The SMILES string of the molecule is CC(=O)Nc1ccc2nc(NC(=O)C3CCN(S(=O)(=O)c4cc(F)ccc4F)CC3)sc2c1. The summed E-state index contributed by atoms with van der Waals surface area (Å²) in [5.41, 5.74) is 1.29. The number of nitrogens with one attached hydrogen (secondary N) is 2. The molecule has 1 aliphatic heterocycles. The summed E-state index contributed by atoms with van der Waals surface area (Å²) in [6.07, 6.45) is 0.471. The molecule has 1 aromatic heterocycles. The Morgan fingerprint density at radius 1 is 1.09 bits per heavy atom. The van der Waals surface area contributed by atoms with Crippen LogP contribution in [0.3, 0.4) is 0 Å². The molecule has 2 N–H and O–H groups in total. The minimum absolute atomic E-state index is 0.0102. The zero-order chi connectivity index (χ0) is 23.8. The molecular formula is C21H20F2N4O4S2. The number of amides is 2. The number of halogens is 2. The highest BCUT2D eigenvalue weighted by molar-refractivity contribution is 7.89. The van der Waals surface area contributed by atoms with Gasteiger partial charge in [-0.3, -0.25) is 9.59 Å². The lowest BCUT2D eigenvalue weighted by Gasteiger charge is -2.30. The first-order chi connectivity index (χ1) is 15.6. The Hall–Kier alpha value is -2.96. The van der Waals surface area contributed by atoms with Crippen LogP contribution in [0.1, 0.15) is 19.8 Å². The average Bonchev–Trinajstić information content (AvgIpc) is 3.16. The number of hydrogen-bond donors (Lipinski definition) is 2. The molecule has 0 atom stereocenters. The molecule has 4 rings (SSSR count). The van der Waals surface area contributed by atoms with Crippen molar-refractivity contribution < 1.29 is 26.8 Å². The minimum atomic E-state index is -4.21. The molecular weight excluding hydrogens is 474 g/mol. The van der Waals surface area contributed by atoms with Gasteiger partial charge in [0.05, 0.1) is 10.2 Å². The number of benzene rings is 2. The monoisotopic (exact) mass is 494 g/mol. The van der Waals surface area contributed by atoms with Gasteiger partial charge < -0.3 is 10.6 Å². The summed E-state index contributed by atoms with van der Waals surface area (Å²) in [4.78, 5) is 27.6. The van der Waals surface area contributed by atoms with Crippen LogP contribution in [0.5, 0.6) is 0 Å². The molecule has 0 bridgehead atoms. The lowest BCUT2D eigenvalue weighted by molar-refractivity contribution is -0.121. The van der Waals surface area contributed by atoms with E-state index in [9.17, 15) is 26.8 Å². The van der Waals surface area contributed by atoms with E-state index >= 15 is 0 Å². The van der Waals surface area contributed by atoms with Gasteiger partial charge in [-0.05, 0) is 49.2 Å². The summed E-state index contributed by atoms with van der Waals surface area (Å²) in [7, 11) is -4.21. The standard InChI is InChI=1S/C21H20F2N4O4S2/c1-12(28)24-15-3-5-17-18(11-15)32-21(25-17)26-20(29)13-6-8-27(9-7-13)33(30,31)19-10-14(22)2-4-16(19)23/h2-5,10-11,13H,6-9H2,1H3,(H,24,28)(H,25,26,29). The van der Waals surface area contributed by atoms with Crippen molar-refractivity contribution in [3.63, 3.8) is 0 Å². The van der Waals surface area contributed by atoms with Crippen LogP contribution >= 0.6 is 11.3 Å². The van der Waals surface area contributed by atoms with Crippen molar-refractivity contribution in [3.05, 3.63) is 48.0 Å². The summed E-state index contributed by atoms with van der Waals surface area (Å²) in [5, 5.41) is 5.85. The lowest BCUT2D eigenvalue weighted by Crippen LogP contribution is -2.41. The van der Waals surface area contributed by atoms with E-state index in [2.05, 4.69) is 15.6 Å². The second-order valence-electron chi connectivity index (χ2n) is 7.63. The van der Waals surface area contributed by atoms with Gasteiger partial charge >= 0.3 is 0 Å². The van der Waals surface area contributed by atoms with Gasteiger partial charge in [0.2, 0.25) is 21.8 Å². The number of hydrogen-bond acceptors (Lipinski definition) is 6. The molecule has 2 heterocycles. The quantitative estimate of drug-likeness (QED) is 0.564. The Morgan fingerprint density at radius 2 is 1.82 bits per heavy atom. The summed E-state index contributed by atoms with van der Waals surface area (Å²) in [6.45, 7) is 1.43. The molecule has 0 aliphatic carbocycles. The molecule has 33 heavy (non-hydrogen) atoms. The Labute approximate surface area is 192 Å². The Kier molecular flexibility index (Phi) is 6.41. The fourth-order valence-corrected chi connectivity index (χ4v) is 6.09. The predicted octanol–water partition coefficient (Wildman–Crippen LogP) is 3.57. The van der Waals surface area contributed by atoms with Crippen LogP contribution in [-0.4, -0.2) is 42.6 Å². The Bertz CT molecular complexity index is 1340. The number of piperidine rings is 1. The van der Waals surface area contributed by atoms with Crippen LogP contribution in [0, 0.1) is 17.6 Å². The predicted molar refractivity (Wildman–Crippen MR) is 120 cm³/mol. The van der Waals surface area contributed by atoms with Gasteiger partial charge in [0.1, 0.15) is 16.5 Å². The number of anilines is 2. The third-order valence-electron chi connectivity index (χ3n) is 5.27. The Morgan fingerprint density at radius 3 is 2.52 bits per heavy atom. The highest BCUT2D eigenvalue weighted by Gasteiger charge is 2.34. The molecule has 1 fully saturated rings. The number of thiazole rings is 1. The van der Waals surface area contributed by atoms with Crippen LogP contribution in [-0.2, 0) is 19.6 Å². The van der Waals surface area contributed by atoms with Crippen molar-refractivity contribution in [3.8, 4) is 0 Å². The first-order valence-corrected chi connectivity index (χ1v) is 12.3. The van der Waals surface area contributed by atoms with Crippen LogP contribution in [0.2, 0.25) is 0 Å². The van der Waals surface area contributed by atoms with E-state index in [1.54, 1.807) is 18.2 Å². The largest absolute Gasteiger partial charge is 0.326 e. The molecule has 12 heteroatoms. The molecule has 2 amide bonds. The fourth-order valence-electron chi connectivity index (χ4n) is 3.64. The normalized spacial score (nSPS) is 15.5. The number of rotatable bonds is 5. The van der Waals surface area contributed by atoms with Crippen LogP contribution in [0.25, 0.3) is 10.2 Å². The number of carbonyl (C=O) groups excluding carboxylic acids is 2. The first-order valence-electron chi connectivity index (χ1n) is 10.1. The fraction of sp³-hybridized carbons (Fsp3) is 0.286. The molecule has 0 radical (unpaired) electrons. The molecule has 174 valence electrons. The molecule has 8 nitrogen and oxygen atoms in total. The van der Waals surface area contributed by atoms with E-state index in [-0.39, 0.29) is 37.7 Å². The molecule has 2 aromatic carbocycles. The second-order valence-corrected chi connectivity index (χ2v) is 10.6. The van der Waals surface area contributed by atoms with E-state index in [0.29, 0.717) is 22.4 Å². The molecule has 0 spiro atoms. The van der Waals surface area contributed by atoms with Crippen molar-refractivity contribution in [2.75, 3.05) is 23.7 Å². The van der Waals surface area contributed by atoms with Crippen LogP contribution in [0.15, 0.2) is 41.3 Å². The average molecular weight is 495 g/mol. The summed E-state index contributed by atoms with van der Waals surface area (Å²) in [5.74, 6) is -2.79. The van der Waals surface area contributed by atoms with Gasteiger partial charge in [-0.1, -0.05) is 11.3 Å². The molecule has 0 saturated carbocycles. The summed E-state index contributed by atoms with van der Waals surface area (Å²) >= 11 is 1.26. The first kappa shape index (κ1) is 23.2. The van der Waals surface area contributed by atoms with Crippen LogP contribution in [0.4, 0.5) is 19.6 Å². The smallest absolute Gasteiger partial charge is 0.246 e. The van der Waals surface area contributed by atoms with Crippen molar-refractivity contribution >= 4 is 54.2 Å². The van der Waals surface area contributed by atoms with Crippen molar-refractivity contribution in [1.29, 1.82) is 0 Å². The van der Waals surface area contributed by atoms with Crippen molar-refractivity contribution in [2.24, 2.45) is 5.92 Å². The molecule has 1 aliphatic rings. The number of aromatic nitrogens is 1. The van der Waals surface area contributed by atoms with Crippen molar-refractivity contribution in [1.82, 2.24) is 9.29 Å². The minimum Gasteiger partial charge on any atom is -0.326 e. The maximum atomic E-state index is 14.0. The summed E-state index contributed by atoms with van der Waals surface area (Å²) in [6, 6.07) is 7.51. The number of fused-ring (bicyclic) bond motifs is 1. The number of carbonyl (C=O) groups is 2. The molecule has 3 aromatic rings. The van der Waals surface area contributed by atoms with Crippen molar-refractivity contribution in [2.45, 2.75) is 24.7 Å². The van der Waals surface area contributed by atoms with E-state index in [0.717, 1.165) is 21.1 Å². The van der Waals surface area contributed by atoms with E-state index in [1.165, 1.54) is 18.3 Å². The Balaban J connectivity index is 1.40. The van der Waals surface area contributed by atoms with Gasteiger partial charge in [0.25, 0.3) is 0 Å². The summed E-state index contributed by atoms with van der Waals surface area (Å²) < 4.78 is 54.7.